The van der Waals surface area contributed by atoms with Crippen molar-refractivity contribution in [1.82, 2.24) is 20.2 Å². The third-order valence-corrected chi connectivity index (χ3v) is 3.71. The van der Waals surface area contributed by atoms with Crippen LogP contribution in [0.3, 0.4) is 0 Å². The van der Waals surface area contributed by atoms with Crippen molar-refractivity contribution in [3.8, 4) is 11.4 Å². The van der Waals surface area contributed by atoms with E-state index in [4.69, 9.17) is 5.73 Å². The summed E-state index contributed by atoms with van der Waals surface area (Å²) in [7, 11) is 0. The molecule has 5 heteroatoms. The second-order valence-electron chi connectivity index (χ2n) is 5.43. The molecule has 1 aromatic heterocycles. The van der Waals surface area contributed by atoms with Gasteiger partial charge in [0.15, 0.2) is 5.82 Å². The average Bonchev–Trinajstić information content (AvgIpc) is 2.94. The van der Waals surface area contributed by atoms with E-state index in [0.29, 0.717) is 6.04 Å². The van der Waals surface area contributed by atoms with E-state index in [0.717, 1.165) is 28.6 Å². The van der Waals surface area contributed by atoms with E-state index < -0.39 is 0 Å². The third-order valence-electron chi connectivity index (χ3n) is 3.71. The molecule has 2 N–H and O–H groups in total. The number of hydrogen-bond acceptors (Lipinski definition) is 4. The van der Waals surface area contributed by atoms with Crippen LogP contribution >= 0.6 is 0 Å². The number of aryl methyl sites for hydroxylation is 1. The predicted molar refractivity (Wildman–Crippen MR) is 74.5 cm³/mol. The molecule has 5 nitrogen and oxygen atoms in total. The maximum atomic E-state index is 5.90. The average molecular weight is 257 g/mol. The summed E-state index contributed by atoms with van der Waals surface area (Å²) >= 11 is 0. The van der Waals surface area contributed by atoms with Crippen molar-refractivity contribution in [2.75, 3.05) is 5.73 Å². The molecule has 1 aliphatic rings. The van der Waals surface area contributed by atoms with E-state index >= 15 is 0 Å². The lowest BCUT2D eigenvalue weighted by atomic mass is 10.1. The number of anilines is 1. The molecule has 100 valence electrons. The molecule has 2 aromatic rings. The molecule has 2 atom stereocenters. The highest BCUT2D eigenvalue weighted by Crippen LogP contribution is 2.47. The molecule has 1 heterocycles. The first-order chi connectivity index (χ1) is 9.19. The molecule has 0 spiro atoms. The summed E-state index contributed by atoms with van der Waals surface area (Å²) in [5.41, 5.74) is 8.79. The van der Waals surface area contributed by atoms with Crippen LogP contribution in [0.2, 0.25) is 0 Å². The van der Waals surface area contributed by atoms with Gasteiger partial charge in [0.1, 0.15) is 0 Å². The van der Waals surface area contributed by atoms with Crippen LogP contribution in [0, 0.1) is 12.8 Å². The second-order valence-corrected chi connectivity index (χ2v) is 5.43. The number of hydrogen-bond donors (Lipinski definition) is 1. The van der Waals surface area contributed by atoms with Gasteiger partial charge in [0.25, 0.3) is 0 Å². The van der Waals surface area contributed by atoms with Crippen LogP contribution in [0.4, 0.5) is 5.69 Å². The minimum Gasteiger partial charge on any atom is -0.399 e. The van der Waals surface area contributed by atoms with E-state index in [-0.39, 0.29) is 0 Å². The van der Waals surface area contributed by atoms with Gasteiger partial charge < -0.3 is 5.73 Å². The molecule has 1 aliphatic carbocycles. The lowest BCUT2D eigenvalue weighted by molar-refractivity contribution is 0.548. The lowest BCUT2D eigenvalue weighted by Gasteiger charge is -2.06. The van der Waals surface area contributed by atoms with Gasteiger partial charge in [-0.25, -0.2) is 4.68 Å². The van der Waals surface area contributed by atoms with Crippen molar-refractivity contribution in [2.24, 2.45) is 5.92 Å². The molecule has 0 aliphatic heterocycles. The van der Waals surface area contributed by atoms with Gasteiger partial charge in [-0.3, -0.25) is 0 Å². The molecule has 1 aromatic carbocycles. The van der Waals surface area contributed by atoms with Gasteiger partial charge >= 0.3 is 0 Å². The van der Waals surface area contributed by atoms with E-state index in [1.54, 1.807) is 0 Å². The Morgan fingerprint density at radius 1 is 1.37 bits per heavy atom. The number of tetrazole rings is 1. The highest BCUT2D eigenvalue weighted by atomic mass is 15.6. The minimum atomic E-state index is 0.465. The summed E-state index contributed by atoms with van der Waals surface area (Å²) < 4.78 is 1.97. The third kappa shape index (κ3) is 2.32. The van der Waals surface area contributed by atoms with E-state index in [2.05, 4.69) is 28.5 Å². The smallest absolute Gasteiger partial charge is 0.182 e. The van der Waals surface area contributed by atoms with E-state index in [1.807, 2.05) is 23.7 Å². The number of nitrogens with two attached hydrogens (primary N) is 1. The highest BCUT2D eigenvalue weighted by molar-refractivity contribution is 5.62. The van der Waals surface area contributed by atoms with Crippen molar-refractivity contribution >= 4 is 5.69 Å². The zero-order valence-electron chi connectivity index (χ0n) is 11.4. The van der Waals surface area contributed by atoms with Crippen LogP contribution in [0.15, 0.2) is 18.2 Å². The number of rotatable bonds is 4. The Balaban J connectivity index is 1.92. The Morgan fingerprint density at radius 2 is 2.21 bits per heavy atom. The summed E-state index contributed by atoms with van der Waals surface area (Å²) in [5.74, 6) is 1.56. The standard InChI is InChI=1S/C14H19N5/c1-3-4-10-8-13(10)19-14(16-17-18-19)11-5-9(2)6-12(15)7-11/h5-7,10,13H,3-4,8,15H2,1-2H3. The quantitative estimate of drug-likeness (QED) is 0.855. The van der Waals surface area contributed by atoms with Crippen LogP contribution in [-0.2, 0) is 0 Å². The van der Waals surface area contributed by atoms with Crippen molar-refractivity contribution in [2.45, 2.75) is 39.2 Å². The van der Waals surface area contributed by atoms with Gasteiger partial charge in [0.05, 0.1) is 6.04 Å². The fourth-order valence-electron chi connectivity index (χ4n) is 2.76. The zero-order chi connectivity index (χ0) is 13.4. The molecule has 0 bridgehead atoms. The number of aromatic nitrogens is 4. The Kier molecular flexibility index (Phi) is 2.97. The molecular weight excluding hydrogens is 238 g/mol. The van der Waals surface area contributed by atoms with Gasteiger partial charge in [-0.05, 0) is 59.9 Å². The van der Waals surface area contributed by atoms with Gasteiger partial charge in [-0.2, -0.15) is 0 Å². The van der Waals surface area contributed by atoms with Gasteiger partial charge in [0.2, 0.25) is 0 Å². The summed E-state index contributed by atoms with van der Waals surface area (Å²) in [6.07, 6.45) is 3.66. The van der Waals surface area contributed by atoms with Crippen LogP contribution in [0.5, 0.6) is 0 Å². The van der Waals surface area contributed by atoms with Crippen LogP contribution in [0.25, 0.3) is 11.4 Å². The summed E-state index contributed by atoms with van der Waals surface area (Å²) in [4.78, 5) is 0. The fourth-order valence-corrected chi connectivity index (χ4v) is 2.76. The number of nitrogen functional groups attached to an aromatic ring is 1. The van der Waals surface area contributed by atoms with Crippen molar-refractivity contribution in [1.29, 1.82) is 0 Å². The Labute approximate surface area is 112 Å². The van der Waals surface area contributed by atoms with Crippen LogP contribution in [-0.4, -0.2) is 20.2 Å². The Hall–Kier alpha value is -1.91. The number of nitrogens with zero attached hydrogens (tertiary/aromatic N) is 4. The summed E-state index contributed by atoms with van der Waals surface area (Å²) in [6.45, 7) is 4.25. The Morgan fingerprint density at radius 3 is 2.95 bits per heavy atom. The Bertz CT molecular complexity index is 569. The molecule has 3 rings (SSSR count). The van der Waals surface area contributed by atoms with Crippen LogP contribution < -0.4 is 5.73 Å². The van der Waals surface area contributed by atoms with Crippen molar-refractivity contribution in [3.63, 3.8) is 0 Å². The first-order valence-electron chi connectivity index (χ1n) is 6.84. The second kappa shape index (κ2) is 4.64. The van der Waals surface area contributed by atoms with Crippen LogP contribution in [0.1, 0.15) is 37.8 Å². The SMILES string of the molecule is CCCC1CC1n1nnnc1-c1cc(C)cc(N)c1. The molecule has 0 saturated heterocycles. The molecule has 2 unspecified atom stereocenters. The number of benzene rings is 1. The van der Waals surface area contributed by atoms with Gasteiger partial charge in [-0.1, -0.05) is 13.3 Å². The molecule has 0 amide bonds. The summed E-state index contributed by atoms with van der Waals surface area (Å²) in [5, 5.41) is 12.2. The van der Waals surface area contributed by atoms with E-state index in [1.165, 1.54) is 19.3 Å². The molecule has 0 radical (unpaired) electrons. The van der Waals surface area contributed by atoms with Gasteiger partial charge in [0, 0.05) is 11.3 Å². The normalized spacial score (nSPS) is 21.6. The molecule has 1 saturated carbocycles. The van der Waals surface area contributed by atoms with E-state index in [9.17, 15) is 0 Å². The van der Waals surface area contributed by atoms with Crippen molar-refractivity contribution < 1.29 is 0 Å². The molecular formula is C14H19N5. The maximum absolute atomic E-state index is 5.90. The van der Waals surface area contributed by atoms with Gasteiger partial charge in [-0.15, -0.1) is 5.10 Å². The highest BCUT2D eigenvalue weighted by Gasteiger charge is 2.40. The topological polar surface area (TPSA) is 69.6 Å². The zero-order valence-corrected chi connectivity index (χ0v) is 11.4. The first kappa shape index (κ1) is 12.1. The largest absolute Gasteiger partial charge is 0.399 e. The minimum absolute atomic E-state index is 0.465. The lowest BCUT2D eigenvalue weighted by Crippen LogP contribution is -2.02. The monoisotopic (exact) mass is 257 g/mol. The maximum Gasteiger partial charge on any atom is 0.182 e. The summed E-state index contributed by atoms with van der Waals surface area (Å²) in [6, 6.07) is 6.43. The molecule has 1 fully saturated rings. The van der Waals surface area contributed by atoms with Crippen molar-refractivity contribution in [3.05, 3.63) is 23.8 Å². The predicted octanol–water partition coefficient (Wildman–Crippen LogP) is 2.59. The molecule has 19 heavy (non-hydrogen) atoms. The first-order valence-corrected chi connectivity index (χ1v) is 6.84. The fraction of sp³-hybridized carbons (Fsp3) is 0.500.